The molecule has 0 amide bonds. The van der Waals surface area contributed by atoms with Gasteiger partial charge in [0.2, 0.25) is 0 Å². The molecule has 3 aromatic heterocycles. The number of aromatic nitrogens is 4. The Kier molecular flexibility index (Phi) is 3.62. The van der Waals surface area contributed by atoms with Crippen LogP contribution in [0.2, 0.25) is 5.02 Å². The second-order valence-corrected chi connectivity index (χ2v) is 6.62. The lowest BCUT2D eigenvalue weighted by atomic mass is 10.0. The van der Waals surface area contributed by atoms with E-state index in [1.54, 1.807) is 24.4 Å². The third kappa shape index (κ3) is 2.82. The van der Waals surface area contributed by atoms with Crippen molar-refractivity contribution in [1.29, 1.82) is 0 Å². The highest BCUT2D eigenvalue weighted by Crippen LogP contribution is 2.33. The summed E-state index contributed by atoms with van der Waals surface area (Å²) in [5.41, 5.74) is 4.69. The second kappa shape index (κ2) is 6.14. The van der Waals surface area contributed by atoms with Crippen LogP contribution in [0.4, 0.5) is 4.39 Å². The number of imidazole rings is 1. The summed E-state index contributed by atoms with van der Waals surface area (Å²) in [7, 11) is 0. The molecule has 4 nitrogen and oxygen atoms in total. The number of fused-ring (bicyclic) bond motifs is 2. The van der Waals surface area contributed by atoms with Crippen molar-refractivity contribution in [2.75, 3.05) is 0 Å². The van der Waals surface area contributed by atoms with Crippen LogP contribution in [0, 0.1) is 5.82 Å². The summed E-state index contributed by atoms with van der Waals surface area (Å²) in [6.07, 6.45) is 1.71. The summed E-state index contributed by atoms with van der Waals surface area (Å²) in [6.45, 7) is 0. The van der Waals surface area contributed by atoms with Crippen LogP contribution in [-0.4, -0.2) is 19.9 Å². The van der Waals surface area contributed by atoms with Crippen molar-refractivity contribution >= 4 is 33.7 Å². The number of aromatic amines is 1. The van der Waals surface area contributed by atoms with Crippen LogP contribution in [0.5, 0.6) is 0 Å². The molecule has 27 heavy (non-hydrogen) atoms. The molecule has 0 bridgehead atoms. The van der Waals surface area contributed by atoms with E-state index in [4.69, 9.17) is 16.6 Å². The minimum Gasteiger partial charge on any atom is -0.337 e. The quantitative estimate of drug-likeness (QED) is 0.435. The highest BCUT2D eigenvalue weighted by Gasteiger charge is 2.14. The van der Waals surface area contributed by atoms with Crippen molar-refractivity contribution in [3.05, 3.63) is 77.7 Å². The summed E-state index contributed by atoms with van der Waals surface area (Å²) in [4.78, 5) is 16.9. The lowest BCUT2D eigenvalue weighted by Crippen LogP contribution is -1.91. The summed E-state index contributed by atoms with van der Waals surface area (Å²) in [6, 6.07) is 17.5. The highest BCUT2D eigenvalue weighted by atomic mass is 35.5. The predicted octanol–water partition coefficient (Wildman–Crippen LogP) is 5.63. The molecule has 0 spiro atoms. The van der Waals surface area contributed by atoms with Gasteiger partial charge < -0.3 is 4.98 Å². The van der Waals surface area contributed by atoms with Crippen LogP contribution in [-0.2, 0) is 0 Å². The Morgan fingerprint density at radius 1 is 0.926 bits per heavy atom. The average Bonchev–Trinajstić information content (AvgIpc) is 3.12. The summed E-state index contributed by atoms with van der Waals surface area (Å²) in [5.74, 6) is 0.400. The number of H-pyrrole nitrogens is 1. The molecular formula is C21H12ClFN4. The number of nitrogens with one attached hydrogen (secondary N) is 1. The van der Waals surface area contributed by atoms with Crippen LogP contribution in [0.3, 0.4) is 0 Å². The van der Waals surface area contributed by atoms with Crippen molar-refractivity contribution in [3.8, 4) is 22.6 Å². The number of hydrogen-bond donors (Lipinski definition) is 1. The zero-order valence-corrected chi connectivity index (χ0v) is 14.7. The Balaban J connectivity index is 1.80. The molecule has 0 saturated heterocycles. The zero-order chi connectivity index (χ0) is 18.4. The first-order valence-corrected chi connectivity index (χ1v) is 8.72. The summed E-state index contributed by atoms with van der Waals surface area (Å²) < 4.78 is 13.3. The van der Waals surface area contributed by atoms with E-state index in [1.165, 1.54) is 12.1 Å². The fraction of sp³-hybridized carbons (Fsp3) is 0. The van der Waals surface area contributed by atoms with Crippen LogP contribution < -0.4 is 0 Å². The van der Waals surface area contributed by atoms with Gasteiger partial charge in [-0.25, -0.2) is 19.3 Å². The summed E-state index contributed by atoms with van der Waals surface area (Å²) in [5, 5.41) is 1.50. The molecule has 1 N–H and O–H groups in total. The molecule has 0 atom stereocenters. The third-order valence-corrected chi connectivity index (χ3v) is 4.66. The van der Waals surface area contributed by atoms with E-state index in [1.807, 2.05) is 30.3 Å². The van der Waals surface area contributed by atoms with Crippen molar-refractivity contribution in [2.45, 2.75) is 0 Å². The van der Waals surface area contributed by atoms with Gasteiger partial charge in [-0.15, -0.1) is 0 Å². The molecule has 2 aromatic carbocycles. The molecule has 0 aliphatic rings. The van der Waals surface area contributed by atoms with E-state index < -0.39 is 0 Å². The molecule has 0 saturated carbocycles. The topological polar surface area (TPSA) is 54.5 Å². The molecule has 3 heterocycles. The van der Waals surface area contributed by atoms with Gasteiger partial charge in [0.05, 0.1) is 16.7 Å². The fourth-order valence-corrected chi connectivity index (χ4v) is 3.31. The Morgan fingerprint density at radius 2 is 1.78 bits per heavy atom. The first kappa shape index (κ1) is 15.9. The maximum atomic E-state index is 13.3. The van der Waals surface area contributed by atoms with Crippen molar-refractivity contribution in [3.63, 3.8) is 0 Å². The van der Waals surface area contributed by atoms with E-state index in [0.717, 1.165) is 33.2 Å². The highest BCUT2D eigenvalue weighted by molar-refractivity contribution is 6.31. The molecule has 130 valence electrons. The number of benzene rings is 2. The monoisotopic (exact) mass is 374 g/mol. The van der Waals surface area contributed by atoms with Crippen LogP contribution >= 0.6 is 11.6 Å². The van der Waals surface area contributed by atoms with Gasteiger partial charge in [-0.05, 0) is 60.7 Å². The van der Waals surface area contributed by atoms with E-state index in [-0.39, 0.29) is 5.82 Å². The Labute approximate surface area is 158 Å². The van der Waals surface area contributed by atoms with Gasteiger partial charge in [0.25, 0.3) is 0 Å². The van der Waals surface area contributed by atoms with Crippen LogP contribution in [0.1, 0.15) is 0 Å². The van der Waals surface area contributed by atoms with Crippen molar-refractivity contribution in [2.24, 2.45) is 0 Å². The molecule has 5 aromatic rings. The van der Waals surface area contributed by atoms with E-state index in [0.29, 0.717) is 16.5 Å². The number of hydrogen-bond acceptors (Lipinski definition) is 3. The van der Waals surface area contributed by atoms with Gasteiger partial charge in [-0.3, -0.25) is 0 Å². The smallest absolute Gasteiger partial charge is 0.178 e. The third-order valence-electron chi connectivity index (χ3n) is 4.42. The minimum atomic E-state index is -0.282. The van der Waals surface area contributed by atoms with Crippen molar-refractivity contribution < 1.29 is 4.39 Å². The van der Waals surface area contributed by atoms with E-state index in [2.05, 4.69) is 15.0 Å². The predicted molar refractivity (Wildman–Crippen MR) is 105 cm³/mol. The van der Waals surface area contributed by atoms with E-state index >= 15 is 0 Å². The lowest BCUT2D eigenvalue weighted by molar-refractivity contribution is 0.628. The number of nitrogens with zero attached hydrogens (tertiary/aromatic N) is 3. The zero-order valence-electron chi connectivity index (χ0n) is 13.9. The minimum absolute atomic E-state index is 0.282. The molecule has 5 rings (SSSR count). The van der Waals surface area contributed by atoms with Gasteiger partial charge in [0, 0.05) is 27.7 Å². The normalized spacial score (nSPS) is 11.3. The maximum Gasteiger partial charge on any atom is 0.178 e. The molecule has 0 fully saturated rings. The standard InChI is InChI=1S/C21H12ClFN4/c22-13-5-8-17-15(10-13)16(20-26-18-2-1-9-24-21(18)27-20)11-19(25-17)12-3-6-14(23)7-4-12/h1-11H,(H,24,26,27). The molecule has 0 aliphatic heterocycles. The van der Waals surface area contributed by atoms with Gasteiger partial charge in [0.1, 0.15) is 11.6 Å². The van der Waals surface area contributed by atoms with Gasteiger partial charge >= 0.3 is 0 Å². The first-order chi connectivity index (χ1) is 13.2. The largest absolute Gasteiger partial charge is 0.337 e. The molecular weight excluding hydrogens is 363 g/mol. The molecule has 6 heteroatoms. The number of rotatable bonds is 2. The fourth-order valence-electron chi connectivity index (χ4n) is 3.14. The van der Waals surface area contributed by atoms with Gasteiger partial charge in [0.15, 0.2) is 5.65 Å². The maximum absolute atomic E-state index is 13.3. The Bertz CT molecular complexity index is 1260. The lowest BCUT2D eigenvalue weighted by Gasteiger charge is -2.09. The Morgan fingerprint density at radius 3 is 2.59 bits per heavy atom. The van der Waals surface area contributed by atoms with Crippen LogP contribution in [0.25, 0.3) is 44.7 Å². The Hall–Kier alpha value is -3.31. The van der Waals surface area contributed by atoms with Gasteiger partial charge in [-0.2, -0.15) is 0 Å². The van der Waals surface area contributed by atoms with E-state index in [9.17, 15) is 4.39 Å². The second-order valence-electron chi connectivity index (χ2n) is 6.18. The number of pyridine rings is 2. The molecule has 0 aliphatic carbocycles. The van der Waals surface area contributed by atoms with Crippen LogP contribution in [0.15, 0.2) is 66.9 Å². The molecule has 0 radical (unpaired) electrons. The summed E-state index contributed by atoms with van der Waals surface area (Å²) >= 11 is 6.22. The molecule has 0 unspecified atom stereocenters. The SMILES string of the molecule is Fc1ccc(-c2cc(-c3nc4ncccc4[nH]3)c3cc(Cl)ccc3n2)cc1. The average molecular weight is 375 g/mol. The first-order valence-electron chi connectivity index (χ1n) is 8.35. The van der Waals surface area contributed by atoms with Gasteiger partial charge in [-0.1, -0.05) is 11.6 Å². The van der Waals surface area contributed by atoms with Crippen molar-refractivity contribution in [1.82, 2.24) is 19.9 Å². The number of halogens is 2.